The van der Waals surface area contributed by atoms with E-state index in [1.165, 1.54) is 6.33 Å². The molecule has 0 aliphatic heterocycles. The van der Waals surface area contributed by atoms with E-state index in [0.717, 1.165) is 28.8 Å². The number of para-hydroxylation sites is 1. The van der Waals surface area contributed by atoms with Gasteiger partial charge in [-0.1, -0.05) is 49.4 Å². The number of benzene rings is 2. The number of nitrogens with one attached hydrogen (secondary N) is 2. The smallest absolute Gasteiger partial charge is 0.183 e. The van der Waals surface area contributed by atoms with E-state index in [1.807, 2.05) is 54.6 Å². The average Bonchev–Trinajstić information content (AvgIpc) is 3.36. The van der Waals surface area contributed by atoms with Gasteiger partial charge in [-0.15, -0.1) is 0 Å². The van der Waals surface area contributed by atoms with Crippen LogP contribution in [-0.2, 0) is 6.61 Å². The molecule has 2 aromatic heterocycles. The molecule has 3 atom stereocenters. The molecule has 1 aliphatic rings. The number of hydrogen-bond acceptors (Lipinski definition) is 6. The Bertz CT molecular complexity index is 1170. The minimum absolute atomic E-state index is 0.177. The Labute approximate surface area is 180 Å². The maximum atomic E-state index is 10.1. The third-order valence-electron chi connectivity index (χ3n) is 5.85. The quantitative estimate of drug-likeness (QED) is 0.437. The van der Waals surface area contributed by atoms with Gasteiger partial charge in [-0.3, -0.25) is 0 Å². The third-order valence-corrected chi connectivity index (χ3v) is 5.85. The second-order valence-electron chi connectivity index (χ2n) is 8.13. The van der Waals surface area contributed by atoms with E-state index in [1.54, 1.807) is 0 Å². The predicted molar refractivity (Wildman–Crippen MR) is 120 cm³/mol. The van der Waals surface area contributed by atoms with Crippen LogP contribution >= 0.6 is 0 Å². The van der Waals surface area contributed by atoms with Gasteiger partial charge >= 0.3 is 0 Å². The van der Waals surface area contributed by atoms with Crippen molar-refractivity contribution in [3.63, 3.8) is 0 Å². The molecule has 3 N–H and O–H groups in total. The monoisotopic (exact) mass is 415 g/mol. The Kier molecular flexibility index (Phi) is 5.26. The van der Waals surface area contributed by atoms with Crippen molar-refractivity contribution < 1.29 is 9.84 Å². The van der Waals surface area contributed by atoms with Crippen molar-refractivity contribution in [2.24, 2.45) is 5.92 Å². The zero-order chi connectivity index (χ0) is 21.2. The van der Waals surface area contributed by atoms with Crippen LogP contribution in [0.4, 0.5) is 5.82 Å². The summed E-state index contributed by atoms with van der Waals surface area (Å²) in [5.74, 6) is 2.42. The first-order valence-corrected chi connectivity index (χ1v) is 10.6. The lowest BCUT2D eigenvalue weighted by Gasteiger charge is -2.13. The van der Waals surface area contributed by atoms with Crippen LogP contribution in [0.5, 0.6) is 5.75 Å². The molecule has 7 heteroatoms. The highest BCUT2D eigenvalue weighted by Gasteiger charge is 2.30. The number of fused-ring (bicyclic) bond motifs is 1. The number of aliphatic hydroxyl groups is 1. The van der Waals surface area contributed by atoms with E-state index < -0.39 is 0 Å². The molecule has 7 nitrogen and oxygen atoms in total. The fourth-order valence-electron chi connectivity index (χ4n) is 4.13. The topological polar surface area (TPSA) is 96.0 Å². The number of aliphatic hydroxyl groups excluding tert-OH is 1. The van der Waals surface area contributed by atoms with E-state index >= 15 is 0 Å². The molecule has 1 aliphatic carbocycles. The van der Waals surface area contributed by atoms with E-state index in [9.17, 15) is 5.11 Å². The van der Waals surface area contributed by atoms with Gasteiger partial charge in [0, 0.05) is 6.04 Å². The van der Waals surface area contributed by atoms with E-state index in [-0.39, 0.29) is 18.1 Å². The average molecular weight is 415 g/mol. The predicted octanol–water partition coefficient (Wildman–Crippen LogP) is 4.17. The Morgan fingerprint density at radius 1 is 1.06 bits per heavy atom. The molecule has 0 radical (unpaired) electrons. The number of aromatic amines is 1. The lowest BCUT2D eigenvalue weighted by molar-refractivity contribution is 0.141. The van der Waals surface area contributed by atoms with Crippen LogP contribution in [0, 0.1) is 5.92 Å². The fraction of sp³-hybridized carbons (Fsp3) is 0.292. The minimum Gasteiger partial charge on any atom is -0.488 e. The normalized spacial score (nSPS) is 20.8. The third kappa shape index (κ3) is 4.09. The van der Waals surface area contributed by atoms with Crippen molar-refractivity contribution in [2.75, 3.05) is 5.32 Å². The van der Waals surface area contributed by atoms with Crippen LogP contribution in [-0.4, -0.2) is 37.2 Å². The molecule has 4 aromatic rings. The van der Waals surface area contributed by atoms with Crippen molar-refractivity contribution in [1.82, 2.24) is 19.9 Å². The first-order valence-electron chi connectivity index (χ1n) is 10.6. The number of rotatable bonds is 6. The molecule has 31 heavy (non-hydrogen) atoms. The SMILES string of the molecule is C[C@H]1C[C@@H](Nc2ncnc3nc(-c4ccccc4OCc4ccccc4)[nH]c23)C[C@@H]1O. The number of hydrogen-bond donors (Lipinski definition) is 3. The van der Waals surface area contributed by atoms with Gasteiger partial charge in [0.15, 0.2) is 11.5 Å². The van der Waals surface area contributed by atoms with Crippen LogP contribution in [0.1, 0.15) is 25.3 Å². The number of nitrogens with zero attached hydrogens (tertiary/aromatic N) is 3. The molecule has 0 amide bonds. The van der Waals surface area contributed by atoms with Crippen molar-refractivity contribution in [1.29, 1.82) is 0 Å². The van der Waals surface area contributed by atoms with Crippen LogP contribution in [0.15, 0.2) is 60.9 Å². The minimum atomic E-state index is -0.277. The summed E-state index contributed by atoms with van der Waals surface area (Å²) in [6.45, 7) is 2.55. The van der Waals surface area contributed by atoms with E-state index in [4.69, 9.17) is 4.74 Å². The van der Waals surface area contributed by atoms with Gasteiger partial charge < -0.3 is 20.1 Å². The van der Waals surface area contributed by atoms with E-state index in [0.29, 0.717) is 30.3 Å². The number of imidazole rings is 1. The summed E-state index contributed by atoms with van der Waals surface area (Å²) in [5.41, 5.74) is 3.32. The highest BCUT2D eigenvalue weighted by atomic mass is 16.5. The first-order chi connectivity index (χ1) is 15.2. The van der Waals surface area contributed by atoms with Crippen molar-refractivity contribution >= 4 is 17.0 Å². The first kappa shape index (κ1) is 19.5. The summed E-state index contributed by atoms with van der Waals surface area (Å²) in [6, 6.07) is 18.1. The Hall–Kier alpha value is -3.45. The zero-order valence-electron chi connectivity index (χ0n) is 17.3. The molecule has 0 bridgehead atoms. The lowest BCUT2D eigenvalue weighted by Crippen LogP contribution is -2.17. The van der Waals surface area contributed by atoms with Gasteiger partial charge in [0.05, 0.1) is 11.7 Å². The lowest BCUT2D eigenvalue weighted by atomic mass is 10.1. The summed E-state index contributed by atoms with van der Waals surface area (Å²) in [5, 5.41) is 13.5. The number of ether oxygens (including phenoxy) is 1. The van der Waals surface area contributed by atoms with Crippen molar-refractivity contribution in [3.05, 3.63) is 66.5 Å². The van der Waals surface area contributed by atoms with Crippen molar-refractivity contribution in [3.8, 4) is 17.1 Å². The molecule has 0 spiro atoms. The number of anilines is 1. The molecule has 1 saturated carbocycles. The molecule has 2 aromatic carbocycles. The van der Waals surface area contributed by atoms with E-state index in [2.05, 4.69) is 32.2 Å². The molecular formula is C24H25N5O2. The highest BCUT2D eigenvalue weighted by Crippen LogP contribution is 2.32. The van der Waals surface area contributed by atoms with Crippen LogP contribution in [0.25, 0.3) is 22.6 Å². The van der Waals surface area contributed by atoms with Crippen LogP contribution in [0.3, 0.4) is 0 Å². The second kappa shape index (κ2) is 8.35. The highest BCUT2D eigenvalue weighted by molar-refractivity contribution is 5.86. The molecule has 0 unspecified atom stereocenters. The van der Waals surface area contributed by atoms with Crippen LogP contribution in [0.2, 0.25) is 0 Å². The van der Waals surface area contributed by atoms with Crippen LogP contribution < -0.4 is 10.1 Å². The molecule has 2 heterocycles. The maximum absolute atomic E-state index is 10.1. The second-order valence-corrected chi connectivity index (χ2v) is 8.13. The van der Waals surface area contributed by atoms with Gasteiger partial charge in [0.1, 0.15) is 30.0 Å². The van der Waals surface area contributed by atoms with Gasteiger partial charge in [-0.05, 0) is 36.5 Å². The standard InChI is InChI=1S/C24H25N5O2/c1-15-11-17(12-19(15)30)27-23-21-24(26-14-25-23)29-22(28-21)18-9-5-6-10-20(18)31-13-16-7-3-2-4-8-16/h2-10,14-15,17,19,30H,11-13H2,1H3,(H2,25,26,27,28,29)/t15-,17+,19-/m0/s1. The maximum Gasteiger partial charge on any atom is 0.183 e. The molecule has 5 rings (SSSR count). The summed E-state index contributed by atoms with van der Waals surface area (Å²) in [7, 11) is 0. The number of aromatic nitrogens is 4. The summed E-state index contributed by atoms with van der Waals surface area (Å²) < 4.78 is 6.10. The Morgan fingerprint density at radius 2 is 1.87 bits per heavy atom. The fourth-order valence-corrected chi connectivity index (χ4v) is 4.13. The van der Waals surface area contributed by atoms with Gasteiger partial charge in [-0.2, -0.15) is 0 Å². The van der Waals surface area contributed by atoms with Gasteiger partial charge in [0.2, 0.25) is 0 Å². The molecule has 0 saturated heterocycles. The summed E-state index contributed by atoms with van der Waals surface area (Å²) in [4.78, 5) is 16.8. The summed E-state index contributed by atoms with van der Waals surface area (Å²) >= 11 is 0. The summed E-state index contributed by atoms with van der Waals surface area (Å²) in [6.07, 6.45) is 2.86. The van der Waals surface area contributed by atoms with Gasteiger partial charge in [-0.25, -0.2) is 15.0 Å². The zero-order valence-corrected chi connectivity index (χ0v) is 17.3. The Morgan fingerprint density at radius 3 is 2.68 bits per heavy atom. The number of H-pyrrole nitrogens is 1. The van der Waals surface area contributed by atoms with Crippen molar-refractivity contribution in [2.45, 2.75) is 38.5 Å². The molecular weight excluding hydrogens is 390 g/mol. The largest absolute Gasteiger partial charge is 0.488 e. The molecule has 158 valence electrons. The molecule has 1 fully saturated rings. The Balaban J connectivity index is 1.42. The van der Waals surface area contributed by atoms with Gasteiger partial charge in [0.25, 0.3) is 0 Å².